The first-order valence-electron chi connectivity index (χ1n) is 16.6. The third-order valence-corrected chi connectivity index (χ3v) is 8.48. The Hall–Kier alpha value is -5.04. The Kier molecular flexibility index (Phi) is 9.91. The average molecular weight is 631 g/mol. The number of pyridine rings is 1. The second kappa shape index (κ2) is 14.6. The molecule has 7 heteroatoms. The van der Waals surface area contributed by atoms with Crippen LogP contribution in [0.15, 0.2) is 91.0 Å². The van der Waals surface area contributed by atoms with Crippen LogP contribution in [0.3, 0.4) is 0 Å². The van der Waals surface area contributed by atoms with Crippen molar-refractivity contribution in [3.05, 3.63) is 113 Å². The number of carbonyl (C=O) groups is 1. The molecule has 1 aliphatic heterocycles. The van der Waals surface area contributed by atoms with Crippen LogP contribution in [-0.2, 0) is 12.8 Å². The number of fused-ring (bicyclic) bond motifs is 2. The summed E-state index contributed by atoms with van der Waals surface area (Å²) in [6, 6.07) is 29.8. The maximum Gasteiger partial charge on any atom is 0.255 e. The Bertz CT molecular complexity index is 1860. The first-order chi connectivity index (χ1) is 23.0. The van der Waals surface area contributed by atoms with E-state index < -0.39 is 0 Å². The normalized spacial score (nSPS) is 14.0. The van der Waals surface area contributed by atoms with Gasteiger partial charge in [0.05, 0.1) is 49.2 Å². The molecule has 0 saturated heterocycles. The van der Waals surface area contributed by atoms with Crippen LogP contribution in [-0.4, -0.2) is 48.8 Å². The highest BCUT2D eigenvalue weighted by Crippen LogP contribution is 2.42. The molecule has 1 amide bonds. The minimum Gasteiger partial charge on any atom is -0.490 e. The predicted molar refractivity (Wildman–Crippen MR) is 186 cm³/mol. The molecule has 2 heterocycles. The fraction of sp³-hybridized carbons (Fsp3) is 0.300. The van der Waals surface area contributed by atoms with E-state index in [1.54, 1.807) is 0 Å². The van der Waals surface area contributed by atoms with Crippen molar-refractivity contribution >= 4 is 16.8 Å². The lowest BCUT2D eigenvalue weighted by Crippen LogP contribution is -2.41. The van der Waals surface area contributed by atoms with Gasteiger partial charge in [0.1, 0.15) is 0 Å². The monoisotopic (exact) mass is 630 g/mol. The van der Waals surface area contributed by atoms with Gasteiger partial charge in [-0.05, 0) is 93.6 Å². The Labute approximate surface area is 277 Å². The van der Waals surface area contributed by atoms with Crippen LogP contribution in [0.5, 0.6) is 23.0 Å². The van der Waals surface area contributed by atoms with E-state index in [1.165, 1.54) is 0 Å². The second-order valence-corrected chi connectivity index (χ2v) is 11.4. The van der Waals surface area contributed by atoms with Crippen molar-refractivity contribution in [1.82, 2.24) is 9.88 Å². The zero-order valence-corrected chi connectivity index (χ0v) is 27.6. The largest absolute Gasteiger partial charge is 0.490 e. The number of rotatable bonds is 12. The molecule has 0 fully saturated rings. The summed E-state index contributed by atoms with van der Waals surface area (Å²) in [4.78, 5) is 21.9. The summed E-state index contributed by atoms with van der Waals surface area (Å²) in [7, 11) is 0. The smallest absolute Gasteiger partial charge is 0.255 e. The van der Waals surface area contributed by atoms with E-state index in [2.05, 4.69) is 18.2 Å². The summed E-state index contributed by atoms with van der Waals surface area (Å²) in [5, 5.41) is 0.836. The lowest BCUT2D eigenvalue weighted by molar-refractivity contribution is 0.0661. The van der Waals surface area contributed by atoms with Crippen molar-refractivity contribution < 1.29 is 23.7 Å². The van der Waals surface area contributed by atoms with Crippen LogP contribution < -0.4 is 18.9 Å². The van der Waals surface area contributed by atoms with Crippen LogP contribution in [0, 0.1) is 0 Å². The summed E-state index contributed by atoms with van der Waals surface area (Å²) in [5.74, 6) is 2.81. The Balaban J connectivity index is 1.48. The first-order valence-corrected chi connectivity index (χ1v) is 16.6. The van der Waals surface area contributed by atoms with Gasteiger partial charge in [-0.15, -0.1) is 0 Å². The molecule has 0 spiro atoms. The molecule has 0 radical (unpaired) electrons. The van der Waals surface area contributed by atoms with Gasteiger partial charge in [0.2, 0.25) is 0 Å². The highest BCUT2D eigenvalue weighted by molar-refractivity contribution is 6.07. The Morgan fingerprint density at radius 3 is 2.09 bits per heavy atom. The van der Waals surface area contributed by atoms with Gasteiger partial charge in [-0.25, -0.2) is 4.98 Å². The second-order valence-electron chi connectivity index (χ2n) is 11.4. The lowest BCUT2D eigenvalue weighted by Gasteiger charge is -2.38. The summed E-state index contributed by atoms with van der Waals surface area (Å²) >= 11 is 0. The van der Waals surface area contributed by atoms with Gasteiger partial charge in [0.15, 0.2) is 23.0 Å². The molecule has 1 aromatic heterocycles. The fourth-order valence-electron chi connectivity index (χ4n) is 6.42. The highest BCUT2D eigenvalue weighted by Gasteiger charge is 2.34. The van der Waals surface area contributed by atoms with Crippen molar-refractivity contribution in [2.24, 2.45) is 0 Å². The standard InChI is InChI=1S/C40H42N2O5/c1-5-44-36-19-18-27(23-37(36)45-6-2)22-35-31-26-39(47-8-4)38(46-7-3)24-29(31)20-21-42(35)40(43)32-25-34(28-14-10-9-11-15-28)41-33-17-13-12-16-30(32)33/h9-19,23-26,35H,5-8,20-22H2,1-4H3/t35-/m0/s1. The molecule has 0 bridgehead atoms. The lowest BCUT2D eigenvalue weighted by atomic mass is 9.87. The number of aromatic nitrogens is 1. The van der Waals surface area contributed by atoms with Crippen molar-refractivity contribution in [3.63, 3.8) is 0 Å². The van der Waals surface area contributed by atoms with Crippen LogP contribution in [0.2, 0.25) is 0 Å². The Morgan fingerprint density at radius 1 is 0.723 bits per heavy atom. The summed E-state index contributed by atoms with van der Waals surface area (Å²) in [6.45, 7) is 10.6. The molecule has 5 aromatic rings. The van der Waals surface area contributed by atoms with E-state index in [9.17, 15) is 4.79 Å². The number of benzene rings is 4. The molecule has 0 aliphatic carbocycles. The van der Waals surface area contributed by atoms with Crippen molar-refractivity contribution in [2.75, 3.05) is 33.0 Å². The zero-order valence-electron chi connectivity index (χ0n) is 27.6. The van der Waals surface area contributed by atoms with Crippen LogP contribution in [0.25, 0.3) is 22.2 Å². The summed E-state index contributed by atoms with van der Waals surface area (Å²) in [5.41, 5.74) is 6.44. The van der Waals surface area contributed by atoms with Gasteiger partial charge < -0.3 is 23.8 Å². The molecule has 6 rings (SSSR count). The van der Waals surface area contributed by atoms with Gasteiger partial charge in [0, 0.05) is 17.5 Å². The first kappa shape index (κ1) is 31.9. The van der Waals surface area contributed by atoms with Crippen molar-refractivity contribution in [1.29, 1.82) is 0 Å². The SMILES string of the molecule is CCOc1ccc(C[C@H]2c3cc(OCC)c(OCC)cc3CCN2C(=O)c2cc(-c3ccccc3)nc3ccccc23)cc1OCC. The number of para-hydroxylation sites is 1. The number of amides is 1. The van der Waals surface area contributed by atoms with Crippen molar-refractivity contribution in [3.8, 4) is 34.3 Å². The van der Waals surface area contributed by atoms with E-state index in [0.717, 1.165) is 44.6 Å². The molecule has 242 valence electrons. The topological polar surface area (TPSA) is 70.1 Å². The van der Waals surface area contributed by atoms with E-state index in [4.69, 9.17) is 23.9 Å². The number of nitrogens with zero attached hydrogens (tertiary/aromatic N) is 2. The molecule has 0 unspecified atom stereocenters. The van der Waals surface area contributed by atoms with E-state index in [0.29, 0.717) is 68.6 Å². The zero-order chi connectivity index (χ0) is 32.8. The minimum absolute atomic E-state index is 0.0285. The number of ether oxygens (including phenoxy) is 4. The van der Waals surface area contributed by atoms with Crippen LogP contribution in [0.1, 0.15) is 60.8 Å². The molecule has 47 heavy (non-hydrogen) atoms. The average Bonchev–Trinajstić information content (AvgIpc) is 3.10. The predicted octanol–water partition coefficient (Wildman–Crippen LogP) is 8.48. The molecule has 4 aromatic carbocycles. The molecule has 7 nitrogen and oxygen atoms in total. The molecule has 1 aliphatic rings. The highest BCUT2D eigenvalue weighted by atomic mass is 16.5. The van der Waals surface area contributed by atoms with Crippen LogP contribution >= 0.6 is 0 Å². The Morgan fingerprint density at radius 2 is 1.36 bits per heavy atom. The number of carbonyl (C=O) groups excluding carboxylic acids is 1. The summed E-state index contributed by atoms with van der Waals surface area (Å²) < 4.78 is 23.9. The van der Waals surface area contributed by atoms with Gasteiger partial charge in [-0.3, -0.25) is 4.79 Å². The number of hydrogen-bond donors (Lipinski definition) is 0. The fourth-order valence-corrected chi connectivity index (χ4v) is 6.42. The molecular formula is C40H42N2O5. The van der Waals surface area contributed by atoms with Crippen molar-refractivity contribution in [2.45, 2.75) is 46.6 Å². The molecule has 0 saturated carbocycles. The van der Waals surface area contributed by atoms with E-state index in [1.807, 2.05) is 105 Å². The van der Waals surface area contributed by atoms with Gasteiger partial charge in [-0.1, -0.05) is 54.6 Å². The van der Waals surface area contributed by atoms with Crippen LogP contribution in [0.4, 0.5) is 0 Å². The maximum atomic E-state index is 14.9. The van der Waals surface area contributed by atoms with Gasteiger partial charge in [0.25, 0.3) is 5.91 Å². The van der Waals surface area contributed by atoms with Gasteiger partial charge >= 0.3 is 0 Å². The third-order valence-electron chi connectivity index (χ3n) is 8.48. The number of hydrogen-bond acceptors (Lipinski definition) is 6. The maximum absolute atomic E-state index is 14.9. The molecular weight excluding hydrogens is 588 g/mol. The minimum atomic E-state index is -0.263. The van der Waals surface area contributed by atoms with Gasteiger partial charge in [-0.2, -0.15) is 0 Å². The third kappa shape index (κ3) is 6.75. The molecule has 0 N–H and O–H groups in total. The quantitative estimate of drug-likeness (QED) is 0.138. The molecule has 1 atom stereocenters. The van der Waals surface area contributed by atoms with E-state index in [-0.39, 0.29) is 11.9 Å². The van der Waals surface area contributed by atoms with E-state index >= 15 is 0 Å². The summed E-state index contributed by atoms with van der Waals surface area (Å²) in [6.07, 6.45) is 1.28.